The number of benzene rings is 1. The van der Waals surface area contributed by atoms with Gasteiger partial charge < -0.3 is 10.0 Å². The average Bonchev–Trinajstić information content (AvgIpc) is 2.70. The van der Waals surface area contributed by atoms with E-state index in [-0.39, 0.29) is 12.4 Å². The number of hydrogen-bond donors (Lipinski definition) is 1. The molecule has 1 aromatic rings. The van der Waals surface area contributed by atoms with Crippen LogP contribution in [0.5, 0.6) is 0 Å². The van der Waals surface area contributed by atoms with Crippen LogP contribution >= 0.6 is 0 Å². The quantitative estimate of drug-likeness (QED) is 0.779. The Morgan fingerprint density at radius 2 is 2.00 bits per heavy atom. The third kappa shape index (κ3) is 1.73. The van der Waals surface area contributed by atoms with Gasteiger partial charge in [0, 0.05) is 13.1 Å². The number of anilines is 1. The molecule has 0 amide bonds. The number of aliphatic hydroxyl groups is 1. The van der Waals surface area contributed by atoms with Crippen molar-refractivity contribution in [2.45, 2.75) is 19.4 Å². The second-order valence-corrected chi connectivity index (χ2v) is 3.64. The minimum Gasteiger partial charge on any atom is -0.392 e. The summed E-state index contributed by atoms with van der Waals surface area (Å²) >= 11 is 0. The maximum atomic E-state index is 13.5. The third-order valence-corrected chi connectivity index (χ3v) is 2.64. The highest BCUT2D eigenvalue weighted by Gasteiger charge is 2.15. The smallest absolute Gasteiger partial charge is 0.146 e. The monoisotopic (exact) mass is 195 g/mol. The molecule has 3 heteroatoms. The van der Waals surface area contributed by atoms with Gasteiger partial charge in [-0.1, -0.05) is 6.07 Å². The minimum absolute atomic E-state index is 0.100. The van der Waals surface area contributed by atoms with E-state index >= 15 is 0 Å². The summed E-state index contributed by atoms with van der Waals surface area (Å²) in [6.45, 7) is 1.78. The van der Waals surface area contributed by atoms with Crippen LogP contribution < -0.4 is 4.90 Å². The number of nitrogens with zero attached hydrogens (tertiary/aromatic N) is 1. The van der Waals surface area contributed by atoms with E-state index in [0.29, 0.717) is 11.3 Å². The molecule has 1 aliphatic heterocycles. The van der Waals surface area contributed by atoms with Crippen LogP contribution in [0.25, 0.3) is 0 Å². The summed E-state index contributed by atoms with van der Waals surface area (Å²) in [6.07, 6.45) is 2.28. The highest BCUT2D eigenvalue weighted by Crippen LogP contribution is 2.24. The lowest BCUT2D eigenvalue weighted by Gasteiger charge is -2.18. The molecule has 0 aliphatic carbocycles. The fraction of sp³-hybridized carbons (Fsp3) is 0.455. The molecule has 0 unspecified atom stereocenters. The van der Waals surface area contributed by atoms with Gasteiger partial charge in [-0.25, -0.2) is 4.39 Å². The Morgan fingerprint density at radius 1 is 1.29 bits per heavy atom. The van der Waals surface area contributed by atoms with Crippen molar-refractivity contribution in [2.75, 3.05) is 18.0 Å². The van der Waals surface area contributed by atoms with Crippen molar-refractivity contribution in [3.63, 3.8) is 0 Å². The molecule has 14 heavy (non-hydrogen) atoms. The van der Waals surface area contributed by atoms with Gasteiger partial charge >= 0.3 is 0 Å². The van der Waals surface area contributed by atoms with Crippen LogP contribution in [-0.4, -0.2) is 18.2 Å². The molecule has 0 bridgehead atoms. The maximum Gasteiger partial charge on any atom is 0.146 e. The molecular formula is C11H14FNO. The molecule has 76 valence electrons. The zero-order chi connectivity index (χ0) is 9.97. The van der Waals surface area contributed by atoms with E-state index in [0.717, 1.165) is 25.9 Å². The van der Waals surface area contributed by atoms with E-state index in [2.05, 4.69) is 4.90 Å². The van der Waals surface area contributed by atoms with Crippen LogP contribution in [0, 0.1) is 5.82 Å². The average molecular weight is 195 g/mol. The lowest BCUT2D eigenvalue weighted by Crippen LogP contribution is -2.18. The molecule has 1 aliphatic rings. The highest BCUT2D eigenvalue weighted by molar-refractivity contribution is 5.49. The molecule has 1 N–H and O–H groups in total. The number of hydrogen-bond acceptors (Lipinski definition) is 2. The van der Waals surface area contributed by atoms with E-state index in [9.17, 15) is 4.39 Å². The minimum atomic E-state index is -0.224. The van der Waals surface area contributed by atoms with Crippen LogP contribution in [0.15, 0.2) is 18.2 Å². The molecule has 0 aromatic heterocycles. The predicted octanol–water partition coefficient (Wildman–Crippen LogP) is 1.92. The number of rotatable bonds is 2. The summed E-state index contributed by atoms with van der Waals surface area (Å²) in [5.41, 5.74) is 1.30. The van der Waals surface area contributed by atoms with Gasteiger partial charge in [0.05, 0.1) is 12.3 Å². The van der Waals surface area contributed by atoms with Crippen LogP contribution in [0.2, 0.25) is 0 Å². The second-order valence-electron chi connectivity index (χ2n) is 3.64. The lowest BCUT2D eigenvalue weighted by molar-refractivity contribution is 0.281. The first-order valence-corrected chi connectivity index (χ1v) is 4.95. The number of halogens is 1. The van der Waals surface area contributed by atoms with Crippen molar-refractivity contribution >= 4 is 5.69 Å². The lowest BCUT2D eigenvalue weighted by atomic mass is 10.2. The van der Waals surface area contributed by atoms with E-state index in [4.69, 9.17) is 5.11 Å². The van der Waals surface area contributed by atoms with Crippen molar-refractivity contribution in [1.82, 2.24) is 0 Å². The zero-order valence-corrected chi connectivity index (χ0v) is 8.04. The second kappa shape index (κ2) is 3.96. The Morgan fingerprint density at radius 3 is 2.57 bits per heavy atom. The van der Waals surface area contributed by atoms with Crippen LogP contribution in [0.4, 0.5) is 10.1 Å². The fourth-order valence-corrected chi connectivity index (χ4v) is 1.86. The maximum absolute atomic E-state index is 13.5. The van der Waals surface area contributed by atoms with Crippen LogP contribution in [-0.2, 0) is 6.61 Å². The molecular weight excluding hydrogens is 181 g/mol. The van der Waals surface area contributed by atoms with Crippen molar-refractivity contribution < 1.29 is 9.50 Å². The third-order valence-electron chi connectivity index (χ3n) is 2.64. The van der Waals surface area contributed by atoms with Gasteiger partial charge in [0.1, 0.15) is 5.82 Å². The van der Waals surface area contributed by atoms with Gasteiger partial charge in [-0.05, 0) is 30.5 Å². The molecule has 0 saturated carbocycles. The van der Waals surface area contributed by atoms with Gasteiger partial charge in [-0.15, -0.1) is 0 Å². The molecule has 0 radical (unpaired) electrons. The highest BCUT2D eigenvalue weighted by atomic mass is 19.1. The first-order chi connectivity index (χ1) is 6.81. The Kier molecular flexibility index (Phi) is 2.68. The van der Waals surface area contributed by atoms with E-state index in [1.807, 2.05) is 0 Å². The Hall–Kier alpha value is -1.09. The van der Waals surface area contributed by atoms with Gasteiger partial charge in [0.2, 0.25) is 0 Å². The normalized spacial score (nSPS) is 16.3. The first kappa shape index (κ1) is 9.46. The molecule has 2 rings (SSSR count). The topological polar surface area (TPSA) is 23.5 Å². The van der Waals surface area contributed by atoms with E-state index < -0.39 is 0 Å². The molecule has 1 aromatic carbocycles. The Bertz CT molecular complexity index is 321. The van der Waals surface area contributed by atoms with E-state index in [1.54, 1.807) is 12.1 Å². The van der Waals surface area contributed by atoms with Crippen molar-refractivity contribution in [1.29, 1.82) is 0 Å². The molecule has 1 heterocycles. The van der Waals surface area contributed by atoms with Crippen molar-refractivity contribution in [3.05, 3.63) is 29.6 Å². The zero-order valence-electron chi connectivity index (χ0n) is 8.04. The van der Waals surface area contributed by atoms with Gasteiger partial charge in [0.25, 0.3) is 0 Å². The van der Waals surface area contributed by atoms with Crippen molar-refractivity contribution in [3.8, 4) is 0 Å². The summed E-state index contributed by atoms with van der Waals surface area (Å²) in [7, 11) is 0. The SMILES string of the molecule is OCc1ccc(N2CCCC2)c(F)c1. The number of aliphatic hydroxyl groups excluding tert-OH is 1. The molecule has 0 atom stereocenters. The Balaban J connectivity index is 2.25. The summed E-state index contributed by atoms with van der Waals surface area (Å²) in [5.74, 6) is -0.224. The van der Waals surface area contributed by atoms with Crippen molar-refractivity contribution in [2.24, 2.45) is 0 Å². The predicted molar refractivity (Wildman–Crippen MR) is 53.8 cm³/mol. The molecule has 0 spiro atoms. The molecule has 2 nitrogen and oxygen atoms in total. The van der Waals surface area contributed by atoms with Gasteiger partial charge in [-0.3, -0.25) is 0 Å². The largest absolute Gasteiger partial charge is 0.392 e. The van der Waals surface area contributed by atoms with Gasteiger partial charge in [-0.2, -0.15) is 0 Å². The molecule has 1 fully saturated rings. The summed E-state index contributed by atoms with van der Waals surface area (Å²) in [4.78, 5) is 2.05. The standard InChI is InChI=1S/C11H14FNO/c12-10-7-9(8-14)3-4-11(10)13-5-1-2-6-13/h3-4,7,14H,1-2,5-6,8H2. The summed E-state index contributed by atoms with van der Waals surface area (Å²) in [5, 5.41) is 8.84. The van der Waals surface area contributed by atoms with E-state index in [1.165, 1.54) is 6.07 Å². The Labute approximate surface area is 83.0 Å². The van der Waals surface area contributed by atoms with Gasteiger partial charge in [0.15, 0.2) is 0 Å². The van der Waals surface area contributed by atoms with Crippen LogP contribution in [0.3, 0.4) is 0 Å². The van der Waals surface area contributed by atoms with Crippen LogP contribution in [0.1, 0.15) is 18.4 Å². The summed E-state index contributed by atoms with van der Waals surface area (Å²) in [6, 6.07) is 4.94. The summed E-state index contributed by atoms with van der Waals surface area (Å²) < 4.78 is 13.5. The molecule has 1 saturated heterocycles. The fourth-order valence-electron chi connectivity index (χ4n) is 1.86. The first-order valence-electron chi connectivity index (χ1n) is 4.95.